The van der Waals surface area contributed by atoms with Crippen molar-refractivity contribution >= 4 is 5.95 Å². The van der Waals surface area contributed by atoms with E-state index in [9.17, 15) is 5.11 Å². The Morgan fingerprint density at radius 1 is 1.08 bits per heavy atom. The third-order valence-electron chi connectivity index (χ3n) is 5.27. The van der Waals surface area contributed by atoms with Crippen LogP contribution in [0.3, 0.4) is 0 Å². The van der Waals surface area contributed by atoms with Crippen LogP contribution in [0.15, 0.2) is 34.9 Å². The van der Waals surface area contributed by atoms with E-state index in [-0.39, 0.29) is 6.04 Å². The van der Waals surface area contributed by atoms with Crippen molar-refractivity contribution in [2.75, 3.05) is 51.2 Å². The molecule has 0 radical (unpaired) electrons. The van der Waals surface area contributed by atoms with Gasteiger partial charge >= 0.3 is 0 Å². The van der Waals surface area contributed by atoms with Gasteiger partial charge in [-0.15, -0.1) is 0 Å². The fraction of sp³-hybridized carbons (Fsp3) is 0.556. The van der Waals surface area contributed by atoms with Crippen molar-refractivity contribution in [1.29, 1.82) is 0 Å². The van der Waals surface area contributed by atoms with Gasteiger partial charge in [-0.25, -0.2) is 0 Å². The van der Waals surface area contributed by atoms with E-state index in [1.54, 1.807) is 0 Å². The molecule has 1 N–H and O–H groups in total. The average Bonchev–Trinajstić information content (AvgIpc) is 3.13. The normalized spacial score (nSPS) is 26.1. The number of piperidine rings is 1. The largest absolute Gasteiger partial charge is 0.390 e. The van der Waals surface area contributed by atoms with E-state index in [4.69, 9.17) is 4.52 Å². The van der Waals surface area contributed by atoms with Crippen LogP contribution in [0.2, 0.25) is 0 Å². The second-order valence-electron chi connectivity index (χ2n) is 6.97. The molecular weight excluding hydrogens is 318 g/mol. The Hall–Kier alpha value is -1.96. The minimum Gasteiger partial charge on any atom is -0.390 e. The van der Waals surface area contributed by atoms with Crippen LogP contribution in [0, 0.1) is 0 Å². The van der Waals surface area contributed by atoms with E-state index >= 15 is 0 Å². The van der Waals surface area contributed by atoms with Crippen LogP contribution in [0.5, 0.6) is 0 Å². The van der Waals surface area contributed by atoms with Crippen molar-refractivity contribution in [3.05, 3.63) is 30.3 Å². The lowest BCUT2D eigenvalue weighted by atomic mass is 9.99. The maximum Gasteiger partial charge on any atom is 0.266 e. The van der Waals surface area contributed by atoms with Gasteiger partial charge in [0.15, 0.2) is 0 Å². The van der Waals surface area contributed by atoms with E-state index in [0.29, 0.717) is 18.4 Å². The van der Waals surface area contributed by atoms with Crippen LogP contribution >= 0.6 is 0 Å². The molecule has 7 heteroatoms. The van der Waals surface area contributed by atoms with Crippen molar-refractivity contribution in [3.63, 3.8) is 0 Å². The quantitative estimate of drug-likeness (QED) is 0.889. The van der Waals surface area contributed by atoms with E-state index in [1.165, 1.54) is 0 Å². The number of likely N-dealkylation sites (N-methyl/N-ethyl adjacent to an activating group) is 1. The average molecular weight is 343 g/mol. The lowest BCUT2D eigenvalue weighted by molar-refractivity contribution is 0.0136. The minimum atomic E-state index is -0.393. The van der Waals surface area contributed by atoms with Gasteiger partial charge in [-0.2, -0.15) is 4.98 Å². The van der Waals surface area contributed by atoms with E-state index in [0.717, 1.165) is 44.7 Å². The van der Waals surface area contributed by atoms with Gasteiger partial charge in [0.05, 0.1) is 6.10 Å². The van der Waals surface area contributed by atoms with Crippen molar-refractivity contribution in [3.8, 4) is 11.5 Å². The summed E-state index contributed by atoms with van der Waals surface area (Å²) in [5.74, 6) is 1.08. The van der Waals surface area contributed by atoms with E-state index in [2.05, 4.69) is 27.0 Å². The predicted octanol–water partition coefficient (Wildman–Crippen LogP) is 0.924. The molecule has 0 bridgehead atoms. The van der Waals surface area contributed by atoms with Crippen molar-refractivity contribution in [1.82, 2.24) is 19.9 Å². The first kappa shape index (κ1) is 16.5. The van der Waals surface area contributed by atoms with Crippen molar-refractivity contribution < 1.29 is 9.63 Å². The summed E-state index contributed by atoms with van der Waals surface area (Å²) in [6, 6.07) is 9.98. The summed E-state index contributed by atoms with van der Waals surface area (Å²) in [6.07, 6.45) is 0.524. The van der Waals surface area contributed by atoms with Crippen LogP contribution < -0.4 is 4.90 Å². The SMILES string of the molecule is CN1CCN([C@@H]2CCN(c3noc(-c4ccccc4)n3)C[C@H]2O)CC1. The fourth-order valence-electron chi connectivity index (χ4n) is 3.72. The van der Waals surface area contributed by atoms with Crippen LogP contribution in [-0.4, -0.2) is 83.5 Å². The number of rotatable bonds is 3. The van der Waals surface area contributed by atoms with Gasteiger partial charge < -0.3 is 19.4 Å². The van der Waals surface area contributed by atoms with Crippen molar-refractivity contribution in [2.45, 2.75) is 18.6 Å². The summed E-state index contributed by atoms with van der Waals surface area (Å²) in [7, 11) is 2.15. The molecule has 3 heterocycles. The Balaban J connectivity index is 1.40. The number of benzene rings is 1. The number of hydrogen-bond acceptors (Lipinski definition) is 7. The standard InChI is InChI=1S/C18H25N5O2/c1-21-9-11-22(12-10-21)15-7-8-23(13-16(15)24)18-19-17(25-20-18)14-5-3-2-4-6-14/h2-6,15-16,24H,7-13H2,1H3/t15-,16-/m1/s1. The zero-order valence-electron chi connectivity index (χ0n) is 14.6. The molecule has 0 amide bonds. The van der Waals surface area contributed by atoms with Crippen molar-refractivity contribution in [2.24, 2.45) is 0 Å². The smallest absolute Gasteiger partial charge is 0.266 e. The molecule has 2 aliphatic rings. The Morgan fingerprint density at radius 3 is 2.56 bits per heavy atom. The molecule has 2 saturated heterocycles. The molecular formula is C18H25N5O2. The monoisotopic (exact) mass is 343 g/mol. The van der Waals surface area contributed by atoms with Gasteiger partial charge in [-0.1, -0.05) is 18.2 Å². The highest BCUT2D eigenvalue weighted by molar-refractivity contribution is 5.54. The summed E-state index contributed by atoms with van der Waals surface area (Å²) in [5, 5.41) is 14.8. The number of aliphatic hydroxyl groups excluding tert-OH is 1. The first-order valence-corrected chi connectivity index (χ1v) is 8.95. The molecule has 25 heavy (non-hydrogen) atoms. The van der Waals surface area contributed by atoms with Gasteiger partial charge in [-0.05, 0) is 30.8 Å². The van der Waals surface area contributed by atoms with Crippen LogP contribution in [0.4, 0.5) is 5.95 Å². The van der Waals surface area contributed by atoms with Gasteiger partial charge in [0, 0.05) is 50.9 Å². The number of β-amino-alcohol motifs (C(OH)–C–C–N with tert-alkyl or cyclic N) is 1. The summed E-state index contributed by atoms with van der Waals surface area (Å²) in [4.78, 5) is 11.3. The summed E-state index contributed by atoms with van der Waals surface area (Å²) in [5.41, 5.74) is 0.911. The molecule has 0 spiro atoms. The van der Waals surface area contributed by atoms with Gasteiger partial charge in [0.2, 0.25) is 0 Å². The Kier molecular flexibility index (Phi) is 4.70. The van der Waals surface area contributed by atoms with Gasteiger partial charge in [0.25, 0.3) is 11.8 Å². The molecule has 7 nitrogen and oxygen atoms in total. The fourth-order valence-corrected chi connectivity index (χ4v) is 3.72. The molecule has 2 aliphatic heterocycles. The molecule has 1 aromatic carbocycles. The maximum absolute atomic E-state index is 10.7. The zero-order valence-corrected chi connectivity index (χ0v) is 14.6. The Labute approximate surface area is 147 Å². The van der Waals surface area contributed by atoms with Gasteiger partial charge in [-0.3, -0.25) is 4.90 Å². The summed E-state index contributed by atoms with van der Waals surface area (Å²) in [6.45, 7) is 5.57. The summed E-state index contributed by atoms with van der Waals surface area (Å²) < 4.78 is 5.39. The highest BCUT2D eigenvalue weighted by Gasteiger charge is 2.34. The van der Waals surface area contributed by atoms with Gasteiger partial charge in [0.1, 0.15) is 0 Å². The number of aliphatic hydroxyl groups is 1. The number of aromatic nitrogens is 2. The number of nitrogens with zero attached hydrogens (tertiary/aromatic N) is 5. The molecule has 4 rings (SSSR count). The second-order valence-corrected chi connectivity index (χ2v) is 6.97. The molecule has 0 aliphatic carbocycles. The highest BCUT2D eigenvalue weighted by Crippen LogP contribution is 2.24. The third kappa shape index (κ3) is 3.53. The maximum atomic E-state index is 10.7. The second kappa shape index (κ2) is 7.11. The van der Waals surface area contributed by atoms with E-state index < -0.39 is 6.10 Å². The minimum absolute atomic E-state index is 0.227. The number of piperazine rings is 1. The molecule has 2 fully saturated rings. The molecule has 1 aromatic heterocycles. The third-order valence-corrected chi connectivity index (χ3v) is 5.27. The van der Waals surface area contributed by atoms with E-state index in [1.807, 2.05) is 35.2 Å². The van der Waals surface area contributed by atoms with Crippen LogP contribution in [0.1, 0.15) is 6.42 Å². The molecule has 2 aromatic rings. The first-order valence-electron chi connectivity index (χ1n) is 8.95. The molecule has 134 valence electrons. The number of hydrogen-bond donors (Lipinski definition) is 1. The highest BCUT2D eigenvalue weighted by atomic mass is 16.5. The molecule has 0 saturated carbocycles. The van der Waals surface area contributed by atoms with Crippen LogP contribution in [-0.2, 0) is 0 Å². The predicted molar refractivity (Wildman–Crippen MR) is 95.4 cm³/mol. The van der Waals surface area contributed by atoms with Crippen LogP contribution in [0.25, 0.3) is 11.5 Å². The Bertz CT molecular complexity index is 684. The summed E-state index contributed by atoms with van der Waals surface area (Å²) >= 11 is 0. The molecule has 0 unspecified atom stereocenters. The lowest BCUT2D eigenvalue weighted by Gasteiger charge is -2.44. The zero-order chi connectivity index (χ0) is 17.2. The topological polar surface area (TPSA) is 68.9 Å². The first-order chi connectivity index (χ1) is 12.2. The lowest BCUT2D eigenvalue weighted by Crippen LogP contribution is -2.58. The number of anilines is 1. The molecule has 2 atom stereocenters. The Morgan fingerprint density at radius 2 is 1.84 bits per heavy atom.